The van der Waals surface area contributed by atoms with E-state index in [0.717, 1.165) is 22.5 Å². The number of hydrogen-bond acceptors (Lipinski definition) is 5. The van der Waals surface area contributed by atoms with Gasteiger partial charge in [0.05, 0.1) is 23.7 Å². The molecule has 1 unspecified atom stereocenters. The van der Waals surface area contributed by atoms with Gasteiger partial charge in [0, 0.05) is 11.6 Å². The smallest absolute Gasteiger partial charge is 0.290 e. The zero-order valence-corrected chi connectivity index (χ0v) is 13.3. The Morgan fingerprint density at radius 2 is 2.12 bits per heavy atom. The van der Waals surface area contributed by atoms with Crippen molar-refractivity contribution >= 4 is 16.8 Å². The van der Waals surface area contributed by atoms with E-state index in [1.807, 2.05) is 30.3 Å². The van der Waals surface area contributed by atoms with Gasteiger partial charge in [-0.3, -0.25) is 14.6 Å². The van der Waals surface area contributed by atoms with E-state index in [0.29, 0.717) is 12.8 Å². The molecule has 1 aromatic carbocycles. The summed E-state index contributed by atoms with van der Waals surface area (Å²) in [5.74, 6) is -0.436. The lowest BCUT2D eigenvalue weighted by Crippen LogP contribution is -2.41. The maximum Gasteiger partial charge on any atom is 0.290 e. The minimum Gasteiger partial charge on any atom is -0.393 e. The predicted octanol–water partition coefficient (Wildman–Crippen LogP) is 1.76. The maximum atomic E-state index is 12.4. The molecule has 2 heterocycles. The van der Waals surface area contributed by atoms with Crippen LogP contribution in [0.2, 0.25) is 0 Å². The molecule has 1 aliphatic carbocycles. The number of nitrogens with one attached hydrogen (secondary N) is 2. The third-order valence-electron chi connectivity index (χ3n) is 4.63. The molecule has 1 atom stereocenters. The van der Waals surface area contributed by atoms with Crippen molar-refractivity contribution in [1.29, 1.82) is 0 Å². The first kappa shape index (κ1) is 15.6. The van der Waals surface area contributed by atoms with Crippen molar-refractivity contribution in [2.75, 3.05) is 0 Å². The summed E-state index contributed by atoms with van der Waals surface area (Å²) in [7, 11) is 0. The highest BCUT2D eigenvalue weighted by molar-refractivity contribution is 5.91. The molecular weight excluding hydrogens is 322 g/mol. The molecule has 1 saturated carbocycles. The third-order valence-corrected chi connectivity index (χ3v) is 4.63. The van der Waals surface area contributed by atoms with Gasteiger partial charge in [-0.25, -0.2) is 0 Å². The summed E-state index contributed by atoms with van der Waals surface area (Å²) in [4.78, 5) is 28.0. The number of para-hydroxylation sites is 1. The van der Waals surface area contributed by atoms with Gasteiger partial charge in [-0.05, 0) is 36.5 Å². The number of hydrogen-bond donors (Lipinski definition) is 3. The number of H-pyrrole nitrogens is 1. The van der Waals surface area contributed by atoms with Crippen LogP contribution in [0.15, 0.2) is 51.9 Å². The monoisotopic (exact) mass is 339 g/mol. The molecule has 0 saturated heterocycles. The second-order valence-corrected chi connectivity index (χ2v) is 6.37. The Hall–Kier alpha value is -2.93. The van der Waals surface area contributed by atoms with Gasteiger partial charge < -0.3 is 14.9 Å². The van der Waals surface area contributed by atoms with Gasteiger partial charge in [-0.1, -0.05) is 18.2 Å². The number of nitrogens with zero attached hydrogens (tertiary/aromatic N) is 1. The quantitative estimate of drug-likeness (QED) is 0.671. The van der Waals surface area contributed by atoms with E-state index >= 15 is 0 Å². The Morgan fingerprint density at radius 1 is 1.32 bits per heavy atom. The van der Waals surface area contributed by atoms with Crippen LogP contribution >= 0.6 is 0 Å². The number of aliphatic hydroxyl groups is 1. The van der Waals surface area contributed by atoms with E-state index in [4.69, 9.17) is 4.52 Å². The second-order valence-electron chi connectivity index (χ2n) is 6.37. The summed E-state index contributed by atoms with van der Waals surface area (Å²) in [5.41, 5.74) is 1.27. The number of benzene rings is 1. The molecule has 0 bridgehead atoms. The largest absolute Gasteiger partial charge is 0.393 e. The van der Waals surface area contributed by atoms with E-state index in [-0.39, 0.29) is 23.8 Å². The molecule has 7 heteroatoms. The van der Waals surface area contributed by atoms with E-state index in [1.54, 1.807) is 6.20 Å². The van der Waals surface area contributed by atoms with Gasteiger partial charge in [-0.2, -0.15) is 5.16 Å². The summed E-state index contributed by atoms with van der Waals surface area (Å²) in [6, 6.07) is 10.5. The number of pyridine rings is 1. The van der Waals surface area contributed by atoms with Crippen molar-refractivity contribution < 1.29 is 14.4 Å². The summed E-state index contributed by atoms with van der Waals surface area (Å²) < 4.78 is 4.87. The average Bonchev–Trinajstić information content (AvgIpc) is 3.03. The van der Waals surface area contributed by atoms with Gasteiger partial charge in [0.25, 0.3) is 11.5 Å². The number of aliphatic hydroxyl groups excluding tert-OH is 1. The molecule has 4 rings (SSSR count). The van der Waals surface area contributed by atoms with Crippen LogP contribution in [0.1, 0.15) is 35.0 Å². The first-order valence-electron chi connectivity index (χ1n) is 8.12. The number of carbonyl (C=O) groups is 1. The van der Waals surface area contributed by atoms with Crippen molar-refractivity contribution in [3.63, 3.8) is 0 Å². The minimum absolute atomic E-state index is 0.0661. The Labute approximate surface area is 142 Å². The fourth-order valence-electron chi connectivity index (χ4n) is 3.24. The summed E-state index contributed by atoms with van der Waals surface area (Å²) in [6.45, 7) is 0. The lowest BCUT2D eigenvalue weighted by Gasteiger charge is -2.38. The van der Waals surface area contributed by atoms with Crippen LogP contribution in [0.5, 0.6) is 0 Å². The van der Waals surface area contributed by atoms with Gasteiger partial charge in [0.15, 0.2) is 0 Å². The standard InChI is InChI=1S/C18H17N3O4/c22-13-6-11(7-13)17(20-18(24)15-8-16(23)21-25-15)12-5-10-3-1-2-4-14(10)19-9-12/h1-5,8-9,11,13,17,22H,6-7H2,(H,20,24)(H,21,23). The Morgan fingerprint density at radius 3 is 2.84 bits per heavy atom. The molecule has 1 amide bonds. The molecule has 7 nitrogen and oxygen atoms in total. The van der Waals surface area contributed by atoms with Crippen molar-refractivity contribution in [1.82, 2.24) is 15.5 Å². The topological polar surface area (TPSA) is 108 Å². The highest BCUT2D eigenvalue weighted by Crippen LogP contribution is 2.38. The number of aromatic amines is 1. The zero-order valence-electron chi connectivity index (χ0n) is 13.3. The number of aromatic nitrogens is 2. The molecule has 2 aromatic heterocycles. The van der Waals surface area contributed by atoms with E-state index < -0.39 is 11.5 Å². The molecule has 1 fully saturated rings. The van der Waals surface area contributed by atoms with Crippen LogP contribution < -0.4 is 10.9 Å². The van der Waals surface area contributed by atoms with Crippen LogP contribution in [-0.4, -0.2) is 27.3 Å². The van der Waals surface area contributed by atoms with Crippen LogP contribution in [0.3, 0.4) is 0 Å². The minimum atomic E-state index is -0.474. The molecule has 0 spiro atoms. The molecule has 0 aliphatic heterocycles. The molecule has 1 aliphatic rings. The molecule has 128 valence electrons. The predicted molar refractivity (Wildman–Crippen MR) is 90.0 cm³/mol. The van der Waals surface area contributed by atoms with Crippen molar-refractivity contribution in [2.45, 2.75) is 25.0 Å². The molecular formula is C18H17N3O4. The van der Waals surface area contributed by atoms with Crippen molar-refractivity contribution in [3.8, 4) is 0 Å². The van der Waals surface area contributed by atoms with Gasteiger partial charge in [0.2, 0.25) is 5.76 Å². The lowest BCUT2D eigenvalue weighted by atomic mass is 9.75. The van der Waals surface area contributed by atoms with Gasteiger partial charge >= 0.3 is 0 Å². The van der Waals surface area contributed by atoms with Crippen LogP contribution in [0.4, 0.5) is 0 Å². The number of fused-ring (bicyclic) bond motifs is 1. The highest BCUT2D eigenvalue weighted by atomic mass is 16.5. The maximum absolute atomic E-state index is 12.4. The fourth-order valence-corrected chi connectivity index (χ4v) is 3.24. The lowest BCUT2D eigenvalue weighted by molar-refractivity contribution is 0.0231. The van der Waals surface area contributed by atoms with Crippen LogP contribution in [-0.2, 0) is 0 Å². The Bertz CT molecular complexity index is 971. The summed E-state index contributed by atoms with van der Waals surface area (Å²) >= 11 is 0. The summed E-state index contributed by atoms with van der Waals surface area (Å²) in [5, 5.41) is 15.6. The van der Waals surface area contributed by atoms with E-state index in [9.17, 15) is 14.7 Å². The SMILES string of the molecule is O=C(NC(c1cnc2ccccc2c1)C1CC(O)C1)c1cc(=O)[nH]o1. The zero-order chi connectivity index (χ0) is 17.4. The third kappa shape index (κ3) is 3.06. The van der Waals surface area contributed by atoms with Crippen LogP contribution in [0, 0.1) is 5.92 Å². The molecule has 3 N–H and O–H groups in total. The van der Waals surface area contributed by atoms with Gasteiger partial charge in [-0.15, -0.1) is 0 Å². The Kier molecular flexibility index (Phi) is 3.85. The summed E-state index contributed by atoms with van der Waals surface area (Å²) in [6.07, 6.45) is 2.61. The normalized spacial score (nSPS) is 20.8. The van der Waals surface area contributed by atoms with E-state index in [1.165, 1.54) is 0 Å². The number of carbonyl (C=O) groups excluding carboxylic acids is 1. The van der Waals surface area contributed by atoms with Crippen LogP contribution in [0.25, 0.3) is 10.9 Å². The number of amides is 1. The first-order chi connectivity index (χ1) is 12.1. The molecule has 0 radical (unpaired) electrons. The van der Waals surface area contributed by atoms with Crippen molar-refractivity contribution in [3.05, 3.63) is 64.3 Å². The number of rotatable bonds is 4. The average molecular weight is 339 g/mol. The van der Waals surface area contributed by atoms with E-state index in [2.05, 4.69) is 15.5 Å². The van der Waals surface area contributed by atoms with Gasteiger partial charge in [0.1, 0.15) is 0 Å². The molecule has 3 aromatic rings. The van der Waals surface area contributed by atoms with Crippen molar-refractivity contribution in [2.24, 2.45) is 5.92 Å². The fraction of sp³-hybridized carbons (Fsp3) is 0.278. The molecule has 25 heavy (non-hydrogen) atoms. The second kappa shape index (κ2) is 6.18. The first-order valence-corrected chi connectivity index (χ1v) is 8.12. The Balaban J connectivity index is 1.65. The highest BCUT2D eigenvalue weighted by Gasteiger charge is 2.36.